The zero-order valence-electron chi connectivity index (χ0n) is 43.9. The van der Waals surface area contributed by atoms with Crippen molar-refractivity contribution in [3.63, 3.8) is 0 Å². The number of methoxy groups -OCH3 is 3. The van der Waals surface area contributed by atoms with Gasteiger partial charge in [-0.15, -0.1) is 0 Å². The van der Waals surface area contributed by atoms with Crippen molar-refractivity contribution in [2.75, 3.05) is 61.2 Å². The lowest BCUT2D eigenvalue weighted by Gasteiger charge is -2.41. The minimum absolute atomic E-state index is 0.0541. The van der Waals surface area contributed by atoms with E-state index in [0.29, 0.717) is 40.8 Å². The smallest absolute Gasteiger partial charge is 0.408 e. The highest BCUT2D eigenvalue weighted by atomic mass is 28.4. The highest BCUT2D eigenvalue weighted by molar-refractivity contribution is 6.76. The number of alkyl carbamates (subject to hydrolysis) is 2. The van der Waals surface area contributed by atoms with Crippen LogP contribution in [0.4, 0.5) is 19.7 Å². The average molecular weight is 1040 g/mol. The SMILES string of the molecule is COCCOCOC[C@@H](NC(=O)[C@H](NC(=O)OCC[Si](C)(C)C)[C@H](O[Si](C)(C)C(C)(C)C)c1ccc(F)c([N+](=O)[O-])c1)c1cc(OC)c(C)c(Oc2cc([C@H](CO)NC(=O)OC(C)(C)C)ccc2OC)c1. The number of carbonyl (C=O) groups excluding carboxylic acids is 3. The minimum Gasteiger partial charge on any atom is -0.496 e. The summed E-state index contributed by atoms with van der Waals surface area (Å²) in [5, 5.41) is 30.3. The molecule has 396 valence electrons. The predicted octanol–water partition coefficient (Wildman–Crippen LogP) is 9.40. The number of hydrogen-bond donors (Lipinski definition) is 4. The summed E-state index contributed by atoms with van der Waals surface area (Å²) in [5.74, 6) is -0.856. The van der Waals surface area contributed by atoms with Crippen molar-refractivity contribution >= 4 is 40.2 Å². The van der Waals surface area contributed by atoms with E-state index in [0.717, 1.165) is 12.1 Å². The molecule has 0 aliphatic carbocycles. The fourth-order valence-electron chi connectivity index (χ4n) is 6.47. The molecule has 3 aromatic rings. The van der Waals surface area contributed by atoms with Gasteiger partial charge in [-0.1, -0.05) is 52.5 Å². The highest BCUT2D eigenvalue weighted by Gasteiger charge is 2.44. The molecule has 4 N–H and O–H groups in total. The number of ether oxygens (including phenoxy) is 8. The molecule has 0 spiro atoms. The second-order valence-corrected chi connectivity index (χ2v) is 30.9. The summed E-state index contributed by atoms with van der Waals surface area (Å²) in [7, 11) is -0.179. The lowest BCUT2D eigenvalue weighted by Crippen LogP contribution is -2.55. The number of amides is 3. The van der Waals surface area contributed by atoms with Gasteiger partial charge in [0.2, 0.25) is 11.7 Å². The van der Waals surface area contributed by atoms with Gasteiger partial charge in [-0.25, -0.2) is 9.59 Å². The number of benzene rings is 3. The fraction of sp³-hybridized carbons (Fsp3) is 0.571. The van der Waals surface area contributed by atoms with E-state index >= 15 is 4.79 Å². The summed E-state index contributed by atoms with van der Waals surface area (Å²) < 4.78 is 67.5. The molecule has 0 aromatic heterocycles. The molecule has 0 aliphatic rings. The number of hydrogen-bond acceptors (Lipinski definition) is 15. The summed E-state index contributed by atoms with van der Waals surface area (Å²) in [6, 6.07) is 8.42. The molecule has 0 fully saturated rings. The molecule has 19 nitrogen and oxygen atoms in total. The Bertz CT molecular complexity index is 2270. The third-order valence-corrected chi connectivity index (χ3v) is 17.7. The topological polar surface area (TPSA) is 234 Å². The number of nitro groups is 1. The summed E-state index contributed by atoms with van der Waals surface area (Å²) in [5.41, 5.74) is -0.209. The summed E-state index contributed by atoms with van der Waals surface area (Å²) in [6.07, 6.45) is -3.09. The van der Waals surface area contributed by atoms with Crippen molar-refractivity contribution in [3.8, 4) is 23.0 Å². The molecular formula is C49H75FN4O15Si2. The Morgan fingerprint density at radius 2 is 1.39 bits per heavy atom. The number of aliphatic hydroxyl groups is 1. The van der Waals surface area contributed by atoms with Crippen LogP contribution in [-0.2, 0) is 32.9 Å². The Hall–Kier alpha value is -5.37. The van der Waals surface area contributed by atoms with Crippen LogP contribution in [-0.4, -0.2) is 117 Å². The zero-order chi connectivity index (χ0) is 53.5. The molecule has 3 aromatic carbocycles. The number of carbonyl (C=O) groups is 3. The van der Waals surface area contributed by atoms with E-state index in [9.17, 15) is 29.2 Å². The van der Waals surface area contributed by atoms with Gasteiger partial charge in [-0.2, -0.15) is 4.39 Å². The van der Waals surface area contributed by atoms with Crippen molar-refractivity contribution in [1.82, 2.24) is 16.0 Å². The molecule has 0 radical (unpaired) electrons. The Labute approximate surface area is 419 Å². The number of nitro benzene ring substituents is 1. The van der Waals surface area contributed by atoms with E-state index < -0.39 is 92.4 Å². The van der Waals surface area contributed by atoms with Crippen LogP contribution >= 0.6 is 0 Å². The lowest BCUT2D eigenvalue weighted by molar-refractivity contribution is -0.387. The standard InChI is InChI=1S/C49H75FN4O15Si2/c1-31-40(63-10)26-34(27-41(31)67-42-25-32(17-19-39(42)62-9)36(28-55)52-47(58)68-48(2,3)4)37(29-65-30-64-21-20-61-8)51-45(56)43(53-46(57)66-22-23-70(11,12)13)44(69-71(14,15)49(5,6)7)33-16-18-35(50)38(24-33)54(59)60/h16-19,24-27,36-37,43-44,55H,20-23,28-30H2,1-15H3,(H,51,56)(H,52,58)(H,53,57)/t36-,37+,43+,44+/m0/s1. The van der Waals surface area contributed by atoms with Gasteiger partial charge >= 0.3 is 17.9 Å². The molecule has 71 heavy (non-hydrogen) atoms. The maximum atomic E-state index is 15.2. The molecule has 0 saturated heterocycles. The van der Waals surface area contributed by atoms with Crippen molar-refractivity contribution < 1.29 is 71.1 Å². The van der Waals surface area contributed by atoms with Gasteiger partial charge in [0, 0.05) is 26.8 Å². The first-order valence-electron chi connectivity index (χ1n) is 23.2. The summed E-state index contributed by atoms with van der Waals surface area (Å²) in [6.45, 7) is 22.6. The van der Waals surface area contributed by atoms with Crippen molar-refractivity contribution in [2.45, 2.75) is 122 Å². The molecule has 0 unspecified atom stereocenters. The highest BCUT2D eigenvalue weighted by Crippen LogP contribution is 2.43. The average Bonchev–Trinajstić information content (AvgIpc) is 3.26. The minimum atomic E-state index is -2.93. The van der Waals surface area contributed by atoms with E-state index in [2.05, 4.69) is 35.6 Å². The summed E-state index contributed by atoms with van der Waals surface area (Å²) in [4.78, 5) is 52.9. The predicted molar refractivity (Wildman–Crippen MR) is 270 cm³/mol. The largest absolute Gasteiger partial charge is 0.496 e. The van der Waals surface area contributed by atoms with Gasteiger partial charge in [0.05, 0.1) is 64.3 Å². The molecule has 3 rings (SSSR count). The van der Waals surface area contributed by atoms with Crippen LogP contribution in [0.5, 0.6) is 23.0 Å². The third-order valence-electron chi connectivity index (χ3n) is 11.5. The lowest BCUT2D eigenvalue weighted by atomic mass is 9.99. The van der Waals surface area contributed by atoms with Crippen LogP contribution in [0.25, 0.3) is 0 Å². The molecule has 0 aliphatic heterocycles. The first-order valence-corrected chi connectivity index (χ1v) is 29.8. The van der Waals surface area contributed by atoms with E-state index in [4.69, 9.17) is 42.3 Å². The first kappa shape index (κ1) is 59.9. The third kappa shape index (κ3) is 18.6. The Balaban J connectivity index is 2.25. The molecule has 0 bridgehead atoms. The number of halogens is 1. The van der Waals surface area contributed by atoms with E-state index in [1.165, 1.54) is 27.4 Å². The number of nitrogens with one attached hydrogen (secondary N) is 3. The van der Waals surface area contributed by atoms with Crippen LogP contribution in [0.2, 0.25) is 43.8 Å². The Kier molecular flexibility index (Phi) is 22.3. The fourth-order valence-corrected chi connectivity index (χ4v) is 8.44. The Morgan fingerprint density at radius 1 is 0.761 bits per heavy atom. The van der Waals surface area contributed by atoms with E-state index in [1.807, 2.05) is 33.9 Å². The number of rotatable bonds is 26. The number of aliphatic hydroxyl groups excluding tert-OH is 1. The monoisotopic (exact) mass is 1030 g/mol. The maximum absolute atomic E-state index is 15.2. The molecule has 0 heterocycles. The van der Waals surface area contributed by atoms with E-state index in [1.54, 1.807) is 58.0 Å². The second kappa shape index (κ2) is 26.4. The van der Waals surface area contributed by atoms with Gasteiger partial charge in [-0.05, 0) is 98.9 Å². The molecular weight excluding hydrogens is 960 g/mol. The Morgan fingerprint density at radius 3 is 1.97 bits per heavy atom. The molecule has 22 heteroatoms. The summed E-state index contributed by atoms with van der Waals surface area (Å²) >= 11 is 0. The van der Waals surface area contributed by atoms with Crippen LogP contribution in [0, 0.1) is 22.9 Å². The van der Waals surface area contributed by atoms with Crippen LogP contribution in [0.15, 0.2) is 48.5 Å². The van der Waals surface area contributed by atoms with Crippen LogP contribution in [0.3, 0.4) is 0 Å². The second-order valence-electron chi connectivity index (χ2n) is 20.5. The molecule has 3 amide bonds. The molecule has 4 atom stereocenters. The maximum Gasteiger partial charge on any atom is 0.408 e. The quantitative estimate of drug-likeness (QED) is 0.0193. The van der Waals surface area contributed by atoms with Gasteiger partial charge < -0.3 is 63.4 Å². The van der Waals surface area contributed by atoms with Crippen LogP contribution < -0.4 is 30.2 Å². The van der Waals surface area contributed by atoms with Crippen molar-refractivity contribution in [1.29, 1.82) is 0 Å². The number of nitrogens with zero attached hydrogens (tertiary/aromatic N) is 1. The van der Waals surface area contributed by atoms with Crippen LogP contribution in [0.1, 0.15) is 82.0 Å². The van der Waals surface area contributed by atoms with Crippen molar-refractivity contribution in [2.24, 2.45) is 0 Å². The van der Waals surface area contributed by atoms with Gasteiger partial charge in [0.25, 0.3) is 0 Å². The van der Waals surface area contributed by atoms with Crippen molar-refractivity contribution in [3.05, 3.63) is 86.7 Å². The van der Waals surface area contributed by atoms with E-state index in [-0.39, 0.29) is 43.7 Å². The first-order chi connectivity index (χ1) is 33.0. The van der Waals surface area contributed by atoms with Gasteiger partial charge in [0.1, 0.15) is 36.0 Å². The normalized spacial score (nSPS) is 13.8. The molecule has 0 saturated carbocycles. The van der Waals surface area contributed by atoms with Gasteiger partial charge in [-0.3, -0.25) is 14.9 Å². The zero-order valence-corrected chi connectivity index (χ0v) is 45.9. The van der Waals surface area contributed by atoms with Gasteiger partial charge in [0.15, 0.2) is 19.8 Å².